The summed E-state index contributed by atoms with van der Waals surface area (Å²) in [7, 11) is 0. The number of carbonyl (C=O) groups excluding carboxylic acids is 2. The highest BCUT2D eigenvalue weighted by atomic mass is 16.6. The number of nitro benzene ring substituents is 1. The van der Waals surface area contributed by atoms with Crippen LogP contribution in [0.3, 0.4) is 0 Å². The normalized spacial score (nSPS) is 18.8. The molecule has 3 rings (SSSR count). The second-order valence-corrected chi connectivity index (χ2v) is 6.14. The van der Waals surface area contributed by atoms with Gasteiger partial charge in [-0.1, -0.05) is 30.3 Å². The molecule has 1 aliphatic carbocycles. The number of benzene rings is 2. The van der Waals surface area contributed by atoms with Gasteiger partial charge in [0.15, 0.2) is 5.78 Å². The minimum Gasteiger partial charge on any atom is -0.456 e. The first-order chi connectivity index (χ1) is 11.8. The molecule has 0 aromatic heterocycles. The first-order valence-corrected chi connectivity index (χ1v) is 7.87. The molecule has 1 aliphatic rings. The van der Waals surface area contributed by atoms with Gasteiger partial charge in [-0.2, -0.15) is 0 Å². The van der Waals surface area contributed by atoms with E-state index < -0.39 is 22.9 Å². The number of hydrogen-bond acceptors (Lipinski definition) is 5. The van der Waals surface area contributed by atoms with Gasteiger partial charge in [0.1, 0.15) is 6.10 Å². The number of rotatable bonds is 3. The highest BCUT2D eigenvalue weighted by Gasteiger charge is 2.43. The van der Waals surface area contributed by atoms with Crippen molar-refractivity contribution >= 4 is 17.4 Å². The van der Waals surface area contributed by atoms with Crippen molar-refractivity contribution in [1.29, 1.82) is 0 Å². The van der Waals surface area contributed by atoms with Gasteiger partial charge in [0.05, 0.1) is 10.8 Å². The lowest BCUT2D eigenvalue weighted by Crippen LogP contribution is -2.18. The maximum Gasteiger partial charge on any atom is 0.303 e. The molecule has 25 heavy (non-hydrogen) atoms. The van der Waals surface area contributed by atoms with Crippen molar-refractivity contribution in [1.82, 2.24) is 0 Å². The number of nitrogens with zero attached hydrogens (tertiary/aromatic N) is 1. The molecule has 6 heteroatoms. The molecular weight excluding hydrogens is 322 g/mol. The predicted molar refractivity (Wildman–Crippen MR) is 90.6 cm³/mol. The molecule has 6 nitrogen and oxygen atoms in total. The van der Waals surface area contributed by atoms with Gasteiger partial charge in [-0.3, -0.25) is 19.7 Å². The first-order valence-electron chi connectivity index (χ1n) is 7.87. The molecule has 0 saturated carbocycles. The smallest absolute Gasteiger partial charge is 0.303 e. The summed E-state index contributed by atoms with van der Waals surface area (Å²) < 4.78 is 5.45. The fourth-order valence-corrected chi connectivity index (χ4v) is 3.43. The largest absolute Gasteiger partial charge is 0.456 e. The van der Waals surface area contributed by atoms with Crippen molar-refractivity contribution in [2.45, 2.75) is 32.8 Å². The summed E-state index contributed by atoms with van der Waals surface area (Å²) in [4.78, 5) is 35.2. The second kappa shape index (κ2) is 6.12. The van der Waals surface area contributed by atoms with Crippen molar-refractivity contribution in [2.75, 3.05) is 0 Å². The summed E-state index contributed by atoms with van der Waals surface area (Å²) >= 11 is 0. The Morgan fingerprint density at radius 2 is 1.76 bits per heavy atom. The fourth-order valence-electron chi connectivity index (χ4n) is 3.43. The van der Waals surface area contributed by atoms with E-state index in [4.69, 9.17) is 4.74 Å². The average molecular weight is 339 g/mol. The molecule has 128 valence electrons. The minimum atomic E-state index is -0.722. The van der Waals surface area contributed by atoms with Crippen LogP contribution in [0, 0.1) is 24.0 Å². The molecule has 0 amide bonds. The molecule has 0 fully saturated rings. The van der Waals surface area contributed by atoms with Crippen LogP contribution in [0.25, 0.3) is 0 Å². The van der Waals surface area contributed by atoms with E-state index >= 15 is 0 Å². The Balaban J connectivity index is 2.16. The number of hydrogen-bond donors (Lipinski definition) is 0. The highest BCUT2D eigenvalue weighted by molar-refractivity contribution is 6.06. The Bertz CT molecular complexity index is 903. The van der Waals surface area contributed by atoms with E-state index in [-0.39, 0.29) is 11.5 Å². The Labute approximate surface area is 144 Å². The number of ether oxygens (including phenoxy) is 1. The molecular formula is C19H17NO5. The summed E-state index contributed by atoms with van der Waals surface area (Å²) in [5, 5.41) is 11.1. The van der Waals surface area contributed by atoms with Crippen LogP contribution >= 0.6 is 0 Å². The van der Waals surface area contributed by atoms with E-state index in [9.17, 15) is 19.7 Å². The summed E-state index contributed by atoms with van der Waals surface area (Å²) in [5.74, 6) is -1.31. The molecule has 2 atom stereocenters. The Kier molecular flexibility index (Phi) is 4.12. The second-order valence-electron chi connectivity index (χ2n) is 6.14. The summed E-state index contributed by atoms with van der Waals surface area (Å²) in [6.07, 6.45) is -0.722. The lowest BCUT2D eigenvalue weighted by atomic mass is 9.87. The molecule has 0 bridgehead atoms. The standard InChI is InChI=1S/C19H17NO5/c1-10-11(2)16(20(23)24)9-8-13(10)17-18(22)14-6-4-5-7-15(14)19(17)25-12(3)21/h4-9,17,19H,1-3H3. The third-order valence-corrected chi connectivity index (χ3v) is 4.74. The topological polar surface area (TPSA) is 86.5 Å². The molecule has 0 saturated heterocycles. The molecule has 0 heterocycles. The molecule has 2 aromatic rings. The van der Waals surface area contributed by atoms with E-state index in [1.54, 1.807) is 44.2 Å². The monoisotopic (exact) mass is 339 g/mol. The zero-order chi connectivity index (χ0) is 18.3. The van der Waals surface area contributed by atoms with E-state index in [2.05, 4.69) is 0 Å². The maximum atomic E-state index is 12.9. The van der Waals surface area contributed by atoms with Gasteiger partial charge in [0, 0.05) is 29.7 Å². The van der Waals surface area contributed by atoms with Crippen molar-refractivity contribution in [3.05, 3.63) is 74.3 Å². The zero-order valence-electron chi connectivity index (χ0n) is 14.1. The molecule has 0 N–H and O–H groups in total. The van der Waals surface area contributed by atoms with Crippen LogP contribution in [0.2, 0.25) is 0 Å². The van der Waals surface area contributed by atoms with Crippen LogP contribution in [0.15, 0.2) is 36.4 Å². The highest BCUT2D eigenvalue weighted by Crippen LogP contribution is 2.46. The van der Waals surface area contributed by atoms with Crippen LogP contribution in [-0.4, -0.2) is 16.7 Å². The Hall–Kier alpha value is -3.02. The van der Waals surface area contributed by atoms with Crippen LogP contribution in [0.4, 0.5) is 5.69 Å². The predicted octanol–water partition coefficient (Wildman–Crippen LogP) is 3.80. The summed E-state index contributed by atoms with van der Waals surface area (Å²) in [5.41, 5.74) is 3.02. The number of esters is 1. The van der Waals surface area contributed by atoms with E-state index in [0.29, 0.717) is 27.8 Å². The molecule has 0 spiro atoms. The zero-order valence-corrected chi connectivity index (χ0v) is 14.1. The molecule has 2 unspecified atom stereocenters. The first kappa shape index (κ1) is 16.8. The van der Waals surface area contributed by atoms with Gasteiger partial charge < -0.3 is 4.74 Å². The molecule has 0 radical (unpaired) electrons. The summed E-state index contributed by atoms with van der Waals surface area (Å²) in [6, 6.07) is 10.0. The number of carbonyl (C=O) groups is 2. The van der Waals surface area contributed by atoms with Crippen LogP contribution in [0.1, 0.15) is 51.6 Å². The van der Waals surface area contributed by atoms with E-state index in [1.165, 1.54) is 13.0 Å². The lowest BCUT2D eigenvalue weighted by Gasteiger charge is -2.22. The van der Waals surface area contributed by atoms with Crippen LogP contribution in [-0.2, 0) is 9.53 Å². The quantitative estimate of drug-likeness (QED) is 0.482. The number of nitro groups is 1. The number of Topliss-reactive ketones (excluding diaryl/α,β-unsaturated/α-hetero) is 1. The Morgan fingerprint density at radius 3 is 2.40 bits per heavy atom. The molecule has 2 aromatic carbocycles. The van der Waals surface area contributed by atoms with Crippen molar-refractivity contribution in [3.8, 4) is 0 Å². The van der Waals surface area contributed by atoms with Gasteiger partial charge in [-0.25, -0.2) is 0 Å². The van der Waals surface area contributed by atoms with E-state index in [0.717, 1.165) is 0 Å². The SMILES string of the molecule is CC(=O)OC1c2ccccc2C(=O)C1c1ccc([N+](=O)[O-])c(C)c1C. The third-order valence-electron chi connectivity index (χ3n) is 4.74. The average Bonchev–Trinajstić information content (AvgIpc) is 2.82. The van der Waals surface area contributed by atoms with Gasteiger partial charge >= 0.3 is 5.97 Å². The van der Waals surface area contributed by atoms with E-state index in [1.807, 2.05) is 0 Å². The van der Waals surface area contributed by atoms with Gasteiger partial charge in [-0.05, 0) is 25.0 Å². The lowest BCUT2D eigenvalue weighted by molar-refractivity contribution is -0.385. The van der Waals surface area contributed by atoms with Gasteiger partial charge in [-0.15, -0.1) is 0 Å². The summed E-state index contributed by atoms with van der Waals surface area (Å²) in [6.45, 7) is 4.71. The number of ketones is 1. The molecule has 0 aliphatic heterocycles. The Morgan fingerprint density at radius 1 is 1.08 bits per heavy atom. The van der Waals surface area contributed by atoms with Crippen molar-refractivity contribution in [3.63, 3.8) is 0 Å². The van der Waals surface area contributed by atoms with Crippen molar-refractivity contribution < 1.29 is 19.2 Å². The van der Waals surface area contributed by atoms with Gasteiger partial charge in [0.2, 0.25) is 0 Å². The van der Waals surface area contributed by atoms with Crippen LogP contribution < -0.4 is 0 Å². The van der Waals surface area contributed by atoms with Gasteiger partial charge in [0.25, 0.3) is 5.69 Å². The minimum absolute atomic E-state index is 0.00764. The fraction of sp³-hybridized carbons (Fsp3) is 0.263. The van der Waals surface area contributed by atoms with Crippen molar-refractivity contribution in [2.24, 2.45) is 0 Å². The third kappa shape index (κ3) is 2.69. The maximum absolute atomic E-state index is 12.9. The number of fused-ring (bicyclic) bond motifs is 1. The van der Waals surface area contributed by atoms with Crippen LogP contribution in [0.5, 0.6) is 0 Å².